The lowest BCUT2D eigenvalue weighted by Gasteiger charge is -2.18. The van der Waals surface area contributed by atoms with Crippen LogP contribution in [0, 0.1) is 6.92 Å². The fourth-order valence-corrected chi connectivity index (χ4v) is 5.94. The summed E-state index contributed by atoms with van der Waals surface area (Å²) in [6, 6.07) is 30.2. The predicted molar refractivity (Wildman–Crippen MR) is 150 cm³/mol. The van der Waals surface area contributed by atoms with Crippen LogP contribution in [0.4, 0.5) is 5.69 Å². The molecule has 1 fully saturated rings. The molecule has 1 aliphatic heterocycles. The number of hydrogen-bond donors (Lipinski definition) is 1. The summed E-state index contributed by atoms with van der Waals surface area (Å²) in [4.78, 5) is 2.12. The molecule has 4 aromatic carbocycles. The largest absolute Gasteiger partial charge is 0.744 e. The molecule has 1 N–H and O–H groups in total. The normalized spacial score (nSPS) is 13.5. The second kappa shape index (κ2) is 10.4. The number of aromatic hydroxyl groups is 1. The average Bonchev–Trinajstić information content (AvgIpc) is 3.46. The van der Waals surface area contributed by atoms with E-state index in [1.807, 2.05) is 0 Å². The maximum Gasteiger partial charge on any atom is 0.213 e. The second-order valence-electron chi connectivity index (χ2n) is 9.61. The third-order valence-electron chi connectivity index (χ3n) is 7.14. The highest BCUT2D eigenvalue weighted by Crippen LogP contribution is 2.35. The van der Waals surface area contributed by atoms with Crippen molar-refractivity contribution >= 4 is 37.6 Å². The van der Waals surface area contributed by atoms with Gasteiger partial charge in [0.25, 0.3) is 0 Å². The van der Waals surface area contributed by atoms with E-state index in [1.54, 1.807) is 0 Å². The molecule has 0 bridgehead atoms. The van der Waals surface area contributed by atoms with Gasteiger partial charge >= 0.3 is 0 Å². The number of aromatic nitrogens is 1. The topological polar surface area (TPSA) is 84.5 Å². The smallest absolute Gasteiger partial charge is 0.213 e. The Labute approximate surface area is 223 Å². The predicted octanol–water partition coefficient (Wildman–Crippen LogP) is 5.69. The molecular weight excluding hydrogens is 496 g/mol. The molecule has 1 aromatic heterocycles. The Balaban J connectivity index is 0.000000207. The molecule has 5 aromatic rings. The second-order valence-corrected chi connectivity index (χ2v) is 11.0. The first-order valence-electron chi connectivity index (χ1n) is 12.6. The lowest BCUT2D eigenvalue weighted by atomic mass is 9.95. The third kappa shape index (κ3) is 5.08. The van der Waals surface area contributed by atoms with Crippen molar-refractivity contribution in [3.8, 4) is 16.9 Å². The number of phenolic OH excluding ortho intramolecular Hbond substituents is 1. The van der Waals surface area contributed by atoms with E-state index < -0.39 is 10.1 Å². The highest BCUT2D eigenvalue weighted by Gasteiger charge is 2.19. The van der Waals surface area contributed by atoms with E-state index in [2.05, 4.69) is 89.3 Å². The van der Waals surface area contributed by atoms with E-state index in [9.17, 15) is 13.0 Å². The zero-order valence-corrected chi connectivity index (χ0v) is 22.3. The van der Waals surface area contributed by atoms with Crippen LogP contribution in [0.1, 0.15) is 18.4 Å². The lowest BCUT2D eigenvalue weighted by molar-refractivity contribution is -0.617. The van der Waals surface area contributed by atoms with Gasteiger partial charge in [0.2, 0.25) is 11.0 Å². The van der Waals surface area contributed by atoms with E-state index in [0.717, 1.165) is 6.07 Å². The highest BCUT2D eigenvalue weighted by molar-refractivity contribution is 7.85. The fraction of sp³-hybridized carbons (Fsp3) is 0.194. The van der Waals surface area contributed by atoms with E-state index >= 15 is 0 Å². The monoisotopic (exact) mass is 526 g/mol. The Morgan fingerprint density at radius 2 is 1.37 bits per heavy atom. The van der Waals surface area contributed by atoms with Crippen LogP contribution in [-0.4, -0.2) is 31.2 Å². The summed E-state index contributed by atoms with van der Waals surface area (Å²) < 4.78 is 33.9. The Morgan fingerprint density at radius 1 is 0.816 bits per heavy atom. The van der Waals surface area contributed by atoms with Gasteiger partial charge in [-0.25, -0.2) is 8.42 Å². The maximum absolute atomic E-state index is 10.5. The zero-order valence-electron chi connectivity index (χ0n) is 21.5. The number of pyridine rings is 1. The van der Waals surface area contributed by atoms with Crippen molar-refractivity contribution in [1.82, 2.24) is 0 Å². The van der Waals surface area contributed by atoms with Gasteiger partial charge in [0, 0.05) is 36.5 Å². The SMILES string of the molecule is C[n+]1c2ccccc2c(-c2ccc(N3CCCC3)cc2)c2ccccc21.Cc1ccc(O)cc1S(=O)(=O)[O-]. The van der Waals surface area contributed by atoms with Gasteiger partial charge in [-0.1, -0.05) is 42.5 Å². The summed E-state index contributed by atoms with van der Waals surface area (Å²) >= 11 is 0. The fourth-order valence-electron chi connectivity index (χ4n) is 5.21. The van der Waals surface area contributed by atoms with Crippen molar-refractivity contribution in [3.05, 3.63) is 96.6 Å². The van der Waals surface area contributed by atoms with Crippen molar-refractivity contribution < 1.29 is 22.6 Å². The number of phenols is 1. The number of fused-ring (bicyclic) bond motifs is 2. The van der Waals surface area contributed by atoms with Gasteiger partial charge < -0.3 is 14.6 Å². The Morgan fingerprint density at radius 3 is 1.89 bits per heavy atom. The minimum atomic E-state index is -4.47. The van der Waals surface area contributed by atoms with Gasteiger partial charge in [0.1, 0.15) is 22.9 Å². The molecule has 6 rings (SSSR count). The number of rotatable bonds is 3. The summed E-state index contributed by atoms with van der Waals surface area (Å²) in [5, 5.41) is 11.5. The van der Waals surface area contributed by atoms with Crippen LogP contribution in [-0.2, 0) is 17.2 Å². The summed E-state index contributed by atoms with van der Waals surface area (Å²) in [6.07, 6.45) is 2.62. The molecule has 0 atom stereocenters. The quantitative estimate of drug-likeness (QED) is 0.186. The van der Waals surface area contributed by atoms with Crippen molar-refractivity contribution in [2.24, 2.45) is 7.05 Å². The van der Waals surface area contributed by atoms with E-state index in [1.165, 1.54) is 83.6 Å². The van der Waals surface area contributed by atoms with Gasteiger partial charge in [-0.15, -0.1) is 0 Å². The number of aryl methyl sites for hydroxylation is 2. The van der Waals surface area contributed by atoms with Gasteiger partial charge in [0.15, 0.2) is 0 Å². The van der Waals surface area contributed by atoms with Crippen molar-refractivity contribution in [3.63, 3.8) is 0 Å². The minimum absolute atomic E-state index is 0.227. The molecule has 0 saturated carbocycles. The van der Waals surface area contributed by atoms with Crippen LogP contribution in [0.5, 0.6) is 5.75 Å². The first-order valence-corrected chi connectivity index (χ1v) is 14.1. The summed E-state index contributed by atoms with van der Waals surface area (Å²) in [7, 11) is -2.31. The van der Waals surface area contributed by atoms with E-state index in [4.69, 9.17) is 5.11 Å². The molecule has 7 heteroatoms. The van der Waals surface area contributed by atoms with Crippen LogP contribution >= 0.6 is 0 Å². The lowest BCUT2D eigenvalue weighted by Crippen LogP contribution is -2.30. The van der Waals surface area contributed by atoms with E-state index in [0.29, 0.717) is 5.56 Å². The molecule has 6 nitrogen and oxygen atoms in total. The van der Waals surface area contributed by atoms with Crippen LogP contribution in [0.2, 0.25) is 0 Å². The third-order valence-corrected chi connectivity index (χ3v) is 8.12. The van der Waals surface area contributed by atoms with Crippen molar-refractivity contribution in [2.75, 3.05) is 18.0 Å². The molecule has 1 saturated heterocycles. The van der Waals surface area contributed by atoms with E-state index in [-0.39, 0.29) is 10.6 Å². The molecule has 0 radical (unpaired) electrons. The Bertz CT molecular complexity index is 1670. The maximum atomic E-state index is 10.5. The molecular formula is C31H30N2O4S. The Hall–Kier alpha value is -3.94. The van der Waals surface area contributed by atoms with Crippen LogP contribution < -0.4 is 9.47 Å². The first kappa shape index (κ1) is 25.7. The van der Waals surface area contributed by atoms with Crippen LogP contribution in [0.25, 0.3) is 32.9 Å². The number of benzene rings is 4. The Kier molecular flexibility index (Phi) is 7.06. The zero-order chi connectivity index (χ0) is 26.9. The molecule has 0 amide bonds. The van der Waals surface area contributed by atoms with Gasteiger partial charge in [-0.2, -0.15) is 4.57 Å². The van der Waals surface area contributed by atoms with Crippen molar-refractivity contribution in [2.45, 2.75) is 24.7 Å². The molecule has 2 heterocycles. The number of anilines is 1. The molecule has 0 unspecified atom stereocenters. The van der Waals surface area contributed by atoms with Crippen LogP contribution in [0.15, 0.2) is 95.9 Å². The molecule has 194 valence electrons. The number of hydrogen-bond acceptors (Lipinski definition) is 5. The molecule has 0 aliphatic carbocycles. The summed E-state index contributed by atoms with van der Waals surface area (Å²) in [5.74, 6) is -0.227. The first-order chi connectivity index (χ1) is 18.2. The van der Waals surface area contributed by atoms with Gasteiger partial charge in [-0.05, 0) is 67.3 Å². The number of nitrogens with zero attached hydrogens (tertiary/aromatic N) is 2. The van der Waals surface area contributed by atoms with Crippen molar-refractivity contribution in [1.29, 1.82) is 0 Å². The molecule has 38 heavy (non-hydrogen) atoms. The van der Waals surface area contributed by atoms with Gasteiger partial charge in [0.05, 0.1) is 15.7 Å². The van der Waals surface area contributed by atoms with Gasteiger partial charge in [-0.3, -0.25) is 0 Å². The summed E-state index contributed by atoms with van der Waals surface area (Å²) in [5.41, 5.74) is 6.85. The standard InChI is InChI=1S/C24H23N2.C7H8O4S/c1-25-22-10-4-2-8-20(22)24(21-9-3-5-11-23(21)25)18-12-14-19(15-13-18)26-16-6-7-17-26;1-5-2-3-6(8)4-7(5)12(9,10)11/h2-5,8-15H,6-7,16-17H2,1H3;2-4,8H,1H3,(H,9,10,11)/q+1;/p-1. The average molecular weight is 527 g/mol. The highest BCUT2D eigenvalue weighted by atomic mass is 32.2. The number of para-hydroxylation sites is 2. The molecule has 1 aliphatic rings. The molecule has 0 spiro atoms. The summed E-state index contributed by atoms with van der Waals surface area (Å²) in [6.45, 7) is 3.86. The van der Waals surface area contributed by atoms with Crippen LogP contribution in [0.3, 0.4) is 0 Å². The minimum Gasteiger partial charge on any atom is -0.744 e.